The molecule has 2 N–H and O–H groups in total. The van der Waals surface area contributed by atoms with Gasteiger partial charge >= 0.3 is 0 Å². The Hall–Kier alpha value is -1.26. The smallest absolute Gasteiger partial charge is 0.244 e. The van der Waals surface area contributed by atoms with E-state index in [0.717, 1.165) is 37.2 Å². The maximum Gasteiger partial charge on any atom is 0.244 e. The molecule has 1 atom stereocenters. The summed E-state index contributed by atoms with van der Waals surface area (Å²) in [5.41, 5.74) is 0.324. The van der Waals surface area contributed by atoms with E-state index in [1.54, 1.807) is 0 Å². The van der Waals surface area contributed by atoms with Gasteiger partial charge in [-0.1, -0.05) is 6.07 Å². The fourth-order valence-corrected chi connectivity index (χ4v) is 2.35. The van der Waals surface area contributed by atoms with Crippen LogP contribution in [0.15, 0.2) is 24.3 Å². The van der Waals surface area contributed by atoms with Crippen molar-refractivity contribution in [3.8, 4) is 5.75 Å². The molecule has 20 heavy (non-hydrogen) atoms. The summed E-state index contributed by atoms with van der Waals surface area (Å²) >= 11 is 0. The fourth-order valence-electron chi connectivity index (χ4n) is 2.35. The molecule has 112 valence electrons. The van der Waals surface area contributed by atoms with Gasteiger partial charge in [0.15, 0.2) is 0 Å². The molecule has 1 aromatic rings. The molecular weight excluding hydrogens is 276 g/mol. The lowest BCUT2D eigenvalue weighted by Gasteiger charge is -2.33. The second-order valence-electron chi connectivity index (χ2n) is 5.13. The van der Waals surface area contributed by atoms with Crippen molar-refractivity contribution in [3.63, 3.8) is 0 Å². The average molecular weight is 299 g/mol. The van der Waals surface area contributed by atoms with Gasteiger partial charge in [-0.3, -0.25) is 4.79 Å². The number of hydrogen-bond acceptors (Lipinski definition) is 3. The highest BCUT2D eigenvalue weighted by Crippen LogP contribution is 2.22. The van der Waals surface area contributed by atoms with Gasteiger partial charge in [0.25, 0.3) is 0 Å². The summed E-state index contributed by atoms with van der Waals surface area (Å²) in [6, 6.07) is 7.51. The molecule has 0 bridgehead atoms. The highest BCUT2D eigenvalue weighted by atomic mass is 35.5. The summed E-state index contributed by atoms with van der Waals surface area (Å²) in [4.78, 5) is 12.3. The molecular formula is C15H23ClN2O2. The topological polar surface area (TPSA) is 50.4 Å². The Labute approximate surface area is 126 Å². The van der Waals surface area contributed by atoms with Crippen LogP contribution in [0.3, 0.4) is 0 Å². The number of piperidine rings is 1. The average Bonchev–Trinajstić information content (AvgIpc) is 2.40. The van der Waals surface area contributed by atoms with E-state index < -0.39 is 5.54 Å². The normalized spacial score (nSPS) is 21.7. The van der Waals surface area contributed by atoms with Crippen LogP contribution in [0, 0.1) is 0 Å². The molecule has 1 saturated heterocycles. The minimum atomic E-state index is -0.458. The Morgan fingerprint density at radius 3 is 2.90 bits per heavy atom. The van der Waals surface area contributed by atoms with E-state index in [1.165, 1.54) is 0 Å². The quantitative estimate of drug-likeness (QED) is 0.898. The summed E-state index contributed by atoms with van der Waals surface area (Å²) in [7, 11) is 0. The molecule has 1 fully saturated rings. The first-order valence-corrected chi connectivity index (χ1v) is 6.93. The third kappa shape index (κ3) is 4.12. The Kier molecular flexibility index (Phi) is 6.30. The van der Waals surface area contributed by atoms with Crippen LogP contribution in [0.4, 0.5) is 5.69 Å². The monoisotopic (exact) mass is 298 g/mol. The molecule has 0 aromatic heterocycles. The number of hydrogen-bond donors (Lipinski definition) is 2. The van der Waals surface area contributed by atoms with Crippen molar-refractivity contribution in [3.05, 3.63) is 24.3 Å². The number of amides is 1. The van der Waals surface area contributed by atoms with Gasteiger partial charge < -0.3 is 15.4 Å². The van der Waals surface area contributed by atoms with E-state index in [4.69, 9.17) is 4.74 Å². The summed E-state index contributed by atoms with van der Waals surface area (Å²) in [5.74, 6) is 0.808. The molecule has 1 aliphatic rings. The Bertz CT molecular complexity index is 445. The highest BCUT2D eigenvalue weighted by Gasteiger charge is 2.34. The molecule has 5 heteroatoms. The minimum absolute atomic E-state index is 0. The van der Waals surface area contributed by atoms with Crippen LogP contribution < -0.4 is 15.4 Å². The van der Waals surface area contributed by atoms with E-state index in [0.29, 0.717) is 6.61 Å². The first kappa shape index (κ1) is 16.8. The van der Waals surface area contributed by atoms with E-state index in [2.05, 4.69) is 10.6 Å². The molecule has 2 rings (SSSR count). The number of ether oxygens (including phenoxy) is 1. The van der Waals surface area contributed by atoms with Crippen molar-refractivity contribution >= 4 is 24.0 Å². The molecule has 0 radical (unpaired) electrons. The zero-order chi connectivity index (χ0) is 13.7. The number of rotatable bonds is 4. The van der Waals surface area contributed by atoms with Crippen LogP contribution in [-0.4, -0.2) is 24.6 Å². The summed E-state index contributed by atoms with van der Waals surface area (Å²) < 4.78 is 5.43. The SMILES string of the molecule is CCOc1cccc(NC(=O)C2(C)CCCCN2)c1.Cl. The Morgan fingerprint density at radius 2 is 2.25 bits per heavy atom. The zero-order valence-electron chi connectivity index (χ0n) is 12.1. The van der Waals surface area contributed by atoms with Crippen molar-refractivity contribution in [2.45, 2.75) is 38.6 Å². The summed E-state index contributed by atoms with van der Waals surface area (Å²) in [6.45, 7) is 5.44. The van der Waals surface area contributed by atoms with Crippen molar-refractivity contribution in [1.82, 2.24) is 5.32 Å². The van der Waals surface area contributed by atoms with Crippen molar-refractivity contribution in [2.24, 2.45) is 0 Å². The van der Waals surface area contributed by atoms with Crippen LogP contribution >= 0.6 is 12.4 Å². The third-order valence-electron chi connectivity index (χ3n) is 3.52. The number of carbonyl (C=O) groups excluding carboxylic acids is 1. The van der Waals surface area contributed by atoms with Crippen LogP contribution in [0.2, 0.25) is 0 Å². The van der Waals surface area contributed by atoms with Gasteiger partial charge in [0.1, 0.15) is 5.75 Å². The molecule has 4 nitrogen and oxygen atoms in total. The fraction of sp³-hybridized carbons (Fsp3) is 0.533. The van der Waals surface area contributed by atoms with Crippen molar-refractivity contribution in [2.75, 3.05) is 18.5 Å². The lowest BCUT2D eigenvalue weighted by Crippen LogP contribution is -2.54. The van der Waals surface area contributed by atoms with Gasteiger partial charge in [0.05, 0.1) is 12.1 Å². The van der Waals surface area contributed by atoms with Crippen LogP contribution in [0.1, 0.15) is 33.1 Å². The van der Waals surface area contributed by atoms with Crippen LogP contribution in [-0.2, 0) is 4.79 Å². The van der Waals surface area contributed by atoms with E-state index in [9.17, 15) is 4.79 Å². The molecule has 1 aromatic carbocycles. The molecule has 0 spiro atoms. The van der Waals surface area contributed by atoms with Crippen LogP contribution in [0.5, 0.6) is 5.75 Å². The van der Waals surface area contributed by atoms with E-state index in [1.807, 2.05) is 38.1 Å². The molecule has 1 aliphatic heterocycles. The van der Waals surface area contributed by atoms with E-state index in [-0.39, 0.29) is 18.3 Å². The van der Waals surface area contributed by atoms with E-state index >= 15 is 0 Å². The molecule has 1 unspecified atom stereocenters. The minimum Gasteiger partial charge on any atom is -0.494 e. The Balaban J connectivity index is 0.00000200. The second kappa shape index (κ2) is 7.50. The first-order chi connectivity index (χ1) is 9.14. The first-order valence-electron chi connectivity index (χ1n) is 6.93. The highest BCUT2D eigenvalue weighted by molar-refractivity contribution is 5.98. The number of halogens is 1. The Morgan fingerprint density at radius 1 is 1.45 bits per heavy atom. The zero-order valence-corrected chi connectivity index (χ0v) is 12.9. The molecule has 1 amide bonds. The predicted octanol–water partition coefficient (Wildman–Crippen LogP) is 2.98. The number of benzene rings is 1. The third-order valence-corrected chi connectivity index (χ3v) is 3.52. The second-order valence-corrected chi connectivity index (χ2v) is 5.13. The predicted molar refractivity (Wildman–Crippen MR) is 83.7 cm³/mol. The van der Waals surface area contributed by atoms with Gasteiger partial charge in [-0.15, -0.1) is 12.4 Å². The number of anilines is 1. The number of nitrogens with one attached hydrogen (secondary N) is 2. The summed E-state index contributed by atoms with van der Waals surface area (Å²) in [5, 5.41) is 6.28. The molecule has 0 saturated carbocycles. The standard InChI is InChI=1S/C15H22N2O2.ClH/c1-3-19-13-8-6-7-12(11-13)17-14(18)15(2)9-4-5-10-16-15;/h6-8,11,16H,3-5,9-10H2,1-2H3,(H,17,18);1H. The van der Waals surface area contributed by atoms with Crippen molar-refractivity contribution < 1.29 is 9.53 Å². The van der Waals surface area contributed by atoms with Crippen LogP contribution in [0.25, 0.3) is 0 Å². The lowest BCUT2D eigenvalue weighted by molar-refractivity contribution is -0.122. The maximum absolute atomic E-state index is 12.3. The largest absolute Gasteiger partial charge is 0.494 e. The molecule has 0 aliphatic carbocycles. The lowest BCUT2D eigenvalue weighted by atomic mass is 9.90. The van der Waals surface area contributed by atoms with Gasteiger partial charge in [-0.25, -0.2) is 0 Å². The van der Waals surface area contributed by atoms with Gasteiger partial charge in [0.2, 0.25) is 5.91 Å². The summed E-state index contributed by atoms with van der Waals surface area (Å²) in [6.07, 6.45) is 3.11. The maximum atomic E-state index is 12.3. The number of carbonyl (C=O) groups is 1. The van der Waals surface area contributed by atoms with Gasteiger partial charge in [-0.05, 0) is 51.8 Å². The molecule has 1 heterocycles. The van der Waals surface area contributed by atoms with Gasteiger partial charge in [0, 0.05) is 11.8 Å². The van der Waals surface area contributed by atoms with Gasteiger partial charge in [-0.2, -0.15) is 0 Å². The van der Waals surface area contributed by atoms with Crippen molar-refractivity contribution in [1.29, 1.82) is 0 Å².